The zero-order chi connectivity index (χ0) is 16.8. The summed E-state index contributed by atoms with van der Waals surface area (Å²) in [5.74, 6) is 0. The number of benzene rings is 1. The van der Waals surface area contributed by atoms with Crippen LogP contribution in [0.2, 0.25) is 0 Å². The Labute approximate surface area is 132 Å². The van der Waals surface area contributed by atoms with Gasteiger partial charge in [0.25, 0.3) is 0 Å². The zero-order valence-electron chi connectivity index (χ0n) is 13.9. The summed E-state index contributed by atoms with van der Waals surface area (Å²) in [5.41, 5.74) is 1.65. The minimum Gasteiger partial charge on any atom is -0.399 e. The summed E-state index contributed by atoms with van der Waals surface area (Å²) in [5, 5.41) is 3.36. The molecule has 1 aliphatic rings. The van der Waals surface area contributed by atoms with Crippen LogP contribution in [0.15, 0.2) is 24.3 Å². The number of hydrogen-bond donors (Lipinski definition) is 1. The quantitative estimate of drug-likeness (QED) is 0.864. The molecule has 1 saturated heterocycles. The van der Waals surface area contributed by atoms with Gasteiger partial charge in [-0.1, -0.05) is 19.1 Å². The summed E-state index contributed by atoms with van der Waals surface area (Å²) in [6.07, 6.45) is 1.37. The Kier molecular flexibility index (Phi) is 6.36. The highest BCUT2D eigenvalue weighted by Gasteiger charge is 2.51. The van der Waals surface area contributed by atoms with Gasteiger partial charge in [0.1, 0.15) is 0 Å². The number of hydrogen-bond acceptors (Lipinski definition) is 5. The van der Waals surface area contributed by atoms with Crippen LogP contribution < -0.4 is 10.8 Å². The smallest absolute Gasteiger partial charge is 0.399 e. The third-order valence-electron chi connectivity index (χ3n) is 4.02. The van der Waals surface area contributed by atoms with Crippen molar-refractivity contribution in [2.75, 3.05) is 11.9 Å². The molecule has 6 heteroatoms. The second-order valence-corrected chi connectivity index (χ2v) is 6.22. The van der Waals surface area contributed by atoms with Crippen molar-refractivity contribution in [2.24, 2.45) is 0 Å². The van der Waals surface area contributed by atoms with Crippen LogP contribution >= 0.6 is 0 Å². The summed E-state index contributed by atoms with van der Waals surface area (Å²) in [7, 11) is -0.273. The number of anilines is 1. The molecule has 0 radical (unpaired) electrons. The van der Waals surface area contributed by atoms with E-state index < -0.39 is 0 Å². The van der Waals surface area contributed by atoms with E-state index in [0.717, 1.165) is 24.1 Å². The molecule has 0 bridgehead atoms. The van der Waals surface area contributed by atoms with Gasteiger partial charge >= 0.3 is 13.3 Å². The molecule has 0 atom stereocenters. The standard InChI is InChI=1S/C15H24BNO2.CO2/c1-6-11-17-13-9-7-12(8-10-13)16-18-14(2,3)15(4,5)19-16;2-1-3/h7-10,17H,6,11H2,1-5H3;. The van der Waals surface area contributed by atoms with Crippen LogP contribution in [0.25, 0.3) is 0 Å². The van der Waals surface area contributed by atoms with E-state index in [2.05, 4.69) is 64.2 Å². The summed E-state index contributed by atoms with van der Waals surface area (Å²) in [6, 6.07) is 8.30. The molecule has 1 aromatic carbocycles. The van der Waals surface area contributed by atoms with Crippen molar-refractivity contribution in [3.8, 4) is 0 Å². The van der Waals surface area contributed by atoms with Crippen LogP contribution in [-0.2, 0) is 18.9 Å². The lowest BCUT2D eigenvalue weighted by Crippen LogP contribution is -2.41. The first-order valence-electron chi connectivity index (χ1n) is 7.46. The highest BCUT2D eigenvalue weighted by atomic mass is 16.7. The van der Waals surface area contributed by atoms with Crippen LogP contribution in [0, 0.1) is 0 Å². The monoisotopic (exact) mass is 305 g/mol. The first-order chi connectivity index (χ1) is 10.3. The SMILES string of the molecule is CCCNc1ccc(B2OC(C)(C)C(C)(C)O2)cc1.O=C=O. The number of carbonyl (C=O) groups excluding carboxylic acids is 2. The van der Waals surface area contributed by atoms with Crippen molar-refractivity contribution in [1.82, 2.24) is 0 Å². The average molecular weight is 305 g/mol. The Morgan fingerprint density at radius 1 is 1.05 bits per heavy atom. The van der Waals surface area contributed by atoms with Crippen molar-refractivity contribution in [1.29, 1.82) is 0 Å². The van der Waals surface area contributed by atoms with Crippen LogP contribution in [0.1, 0.15) is 41.0 Å². The molecule has 2 rings (SSSR count). The molecule has 0 aromatic heterocycles. The maximum absolute atomic E-state index is 8.12. The molecule has 1 N–H and O–H groups in total. The molecule has 0 aliphatic carbocycles. The number of rotatable bonds is 4. The molecule has 1 heterocycles. The summed E-state index contributed by atoms with van der Waals surface area (Å²) in [4.78, 5) is 16.2. The van der Waals surface area contributed by atoms with Crippen molar-refractivity contribution >= 4 is 24.4 Å². The van der Waals surface area contributed by atoms with E-state index in [1.807, 2.05) is 0 Å². The number of nitrogens with one attached hydrogen (secondary N) is 1. The van der Waals surface area contributed by atoms with Crippen molar-refractivity contribution in [3.05, 3.63) is 24.3 Å². The van der Waals surface area contributed by atoms with Crippen LogP contribution in [0.4, 0.5) is 5.69 Å². The molecular weight excluding hydrogens is 281 g/mol. The predicted octanol–water partition coefficient (Wildman–Crippen LogP) is 2.22. The lowest BCUT2D eigenvalue weighted by atomic mass is 9.79. The second kappa shape index (κ2) is 7.59. The van der Waals surface area contributed by atoms with Crippen molar-refractivity contribution in [3.63, 3.8) is 0 Å². The van der Waals surface area contributed by atoms with Gasteiger partial charge in [0.15, 0.2) is 0 Å². The fraction of sp³-hybridized carbons (Fsp3) is 0.562. The molecule has 1 aliphatic heterocycles. The molecule has 0 saturated carbocycles. The Hall–Kier alpha value is -1.62. The highest BCUT2D eigenvalue weighted by Crippen LogP contribution is 2.36. The first-order valence-corrected chi connectivity index (χ1v) is 7.46. The Morgan fingerprint density at radius 2 is 1.50 bits per heavy atom. The van der Waals surface area contributed by atoms with Crippen LogP contribution in [0.3, 0.4) is 0 Å². The average Bonchev–Trinajstić information content (AvgIpc) is 2.67. The molecule has 5 nitrogen and oxygen atoms in total. The summed E-state index contributed by atoms with van der Waals surface area (Å²) < 4.78 is 12.1. The minimum atomic E-state index is -0.281. The van der Waals surface area contributed by atoms with Gasteiger partial charge < -0.3 is 14.6 Å². The van der Waals surface area contributed by atoms with Gasteiger partial charge in [-0.2, -0.15) is 9.59 Å². The predicted molar refractivity (Wildman–Crippen MR) is 85.9 cm³/mol. The molecule has 0 amide bonds. The molecule has 0 unspecified atom stereocenters. The molecule has 1 aromatic rings. The van der Waals surface area contributed by atoms with E-state index in [1.165, 1.54) is 0 Å². The Bertz CT molecular complexity index is 491. The van der Waals surface area contributed by atoms with Gasteiger partial charge in [-0.3, -0.25) is 0 Å². The van der Waals surface area contributed by atoms with E-state index in [4.69, 9.17) is 18.9 Å². The van der Waals surface area contributed by atoms with E-state index >= 15 is 0 Å². The van der Waals surface area contributed by atoms with Crippen molar-refractivity contribution in [2.45, 2.75) is 52.2 Å². The topological polar surface area (TPSA) is 64.6 Å². The fourth-order valence-corrected chi connectivity index (χ4v) is 2.01. The van der Waals surface area contributed by atoms with Crippen LogP contribution in [-0.4, -0.2) is 31.0 Å². The molecule has 120 valence electrons. The Balaban J connectivity index is 0.000000745. The summed E-state index contributed by atoms with van der Waals surface area (Å²) >= 11 is 0. The normalized spacial score (nSPS) is 18.1. The van der Waals surface area contributed by atoms with Gasteiger partial charge in [-0.05, 0) is 51.7 Å². The van der Waals surface area contributed by atoms with Gasteiger partial charge in [0.2, 0.25) is 0 Å². The van der Waals surface area contributed by atoms with E-state index in [9.17, 15) is 0 Å². The maximum atomic E-state index is 8.12. The molecular formula is C16H24BNO4. The van der Waals surface area contributed by atoms with E-state index in [1.54, 1.807) is 0 Å². The Morgan fingerprint density at radius 3 is 1.91 bits per heavy atom. The van der Waals surface area contributed by atoms with Crippen molar-refractivity contribution < 1.29 is 18.9 Å². The first kappa shape index (κ1) is 18.4. The third kappa shape index (κ3) is 4.44. The largest absolute Gasteiger partial charge is 0.494 e. The lowest BCUT2D eigenvalue weighted by Gasteiger charge is -2.32. The highest BCUT2D eigenvalue weighted by molar-refractivity contribution is 6.62. The van der Waals surface area contributed by atoms with E-state index in [0.29, 0.717) is 0 Å². The third-order valence-corrected chi connectivity index (χ3v) is 4.02. The van der Waals surface area contributed by atoms with Gasteiger partial charge in [0, 0.05) is 12.2 Å². The second-order valence-electron chi connectivity index (χ2n) is 6.22. The van der Waals surface area contributed by atoms with E-state index in [-0.39, 0.29) is 24.5 Å². The molecule has 1 fully saturated rings. The van der Waals surface area contributed by atoms with Crippen LogP contribution in [0.5, 0.6) is 0 Å². The zero-order valence-corrected chi connectivity index (χ0v) is 13.9. The lowest BCUT2D eigenvalue weighted by molar-refractivity contribution is -0.191. The summed E-state index contributed by atoms with van der Waals surface area (Å²) in [6.45, 7) is 11.4. The molecule has 0 spiro atoms. The van der Waals surface area contributed by atoms with Gasteiger partial charge in [0.05, 0.1) is 11.2 Å². The minimum absolute atomic E-state index is 0.250. The van der Waals surface area contributed by atoms with Gasteiger partial charge in [-0.25, -0.2) is 0 Å². The maximum Gasteiger partial charge on any atom is 0.494 e. The van der Waals surface area contributed by atoms with Gasteiger partial charge in [-0.15, -0.1) is 0 Å². The fourth-order valence-electron chi connectivity index (χ4n) is 2.01. The molecule has 22 heavy (non-hydrogen) atoms.